The van der Waals surface area contributed by atoms with Crippen LogP contribution in [0.3, 0.4) is 0 Å². The third-order valence-corrected chi connectivity index (χ3v) is 2.87. The second-order valence-corrected chi connectivity index (χ2v) is 4.20. The number of thiazole rings is 1. The summed E-state index contributed by atoms with van der Waals surface area (Å²) in [5, 5.41) is 2.53. The molecule has 90 valence electrons. The van der Waals surface area contributed by atoms with Gasteiger partial charge in [-0.05, 0) is 12.5 Å². The van der Waals surface area contributed by atoms with Crippen molar-refractivity contribution in [1.82, 2.24) is 4.98 Å². The highest BCUT2D eigenvalue weighted by Crippen LogP contribution is 2.28. The van der Waals surface area contributed by atoms with Gasteiger partial charge in [0.2, 0.25) is 5.13 Å². The van der Waals surface area contributed by atoms with E-state index in [1.807, 2.05) is 23.6 Å². The molecular weight excluding hydrogens is 300 g/mol. The lowest BCUT2D eigenvalue weighted by Gasteiger charge is -2.00. The van der Waals surface area contributed by atoms with Crippen molar-refractivity contribution in [3.8, 4) is 11.3 Å². The number of hydrogen-bond acceptors (Lipinski definition) is 3. The molecule has 0 bridgehead atoms. The quantitative estimate of drug-likeness (QED) is 0.661. The lowest BCUT2D eigenvalue weighted by atomic mass is 10.1. The van der Waals surface area contributed by atoms with Crippen molar-refractivity contribution in [3.63, 3.8) is 0 Å². The number of aromatic nitrogens is 1. The van der Waals surface area contributed by atoms with Gasteiger partial charge in [-0.2, -0.15) is 4.99 Å². The summed E-state index contributed by atoms with van der Waals surface area (Å²) in [5.41, 5.74) is 13.8. The maximum absolute atomic E-state index is 5.30. The Hall–Kier alpha value is -1.40. The molecule has 0 radical (unpaired) electrons. The van der Waals surface area contributed by atoms with Crippen LogP contribution in [-0.2, 0) is 0 Å². The summed E-state index contributed by atoms with van der Waals surface area (Å²) < 4.78 is 0. The van der Waals surface area contributed by atoms with Crippen LogP contribution >= 0.6 is 28.3 Å². The molecule has 2 aromatic rings. The Kier molecular flexibility index (Phi) is 4.65. The second kappa shape index (κ2) is 5.79. The van der Waals surface area contributed by atoms with Crippen LogP contribution < -0.4 is 11.5 Å². The van der Waals surface area contributed by atoms with Crippen molar-refractivity contribution in [1.29, 1.82) is 0 Å². The van der Waals surface area contributed by atoms with E-state index >= 15 is 0 Å². The SMILES string of the molecule is Br.Cc1ccccc1-c1csc(N=C(N)N)n1. The molecule has 0 aliphatic rings. The highest BCUT2D eigenvalue weighted by Gasteiger charge is 2.05. The molecule has 0 fully saturated rings. The summed E-state index contributed by atoms with van der Waals surface area (Å²) in [4.78, 5) is 8.27. The van der Waals surface area contributed by atoms with Crippen LogP contribution in [0, 0.1) is 6.92 Å². The molecule has 1 heterocycles. The number of rotatable bonds is 2. The van der Waals surface area contributed by atoms with Crippen LogP contribution in [0.1, 0.15) is 5.56 Å². The van der Waals surface area contributed by atoms with Gasteiger partial charge in [-0.1, -0.05) is 24.3 Å². The van der Waals surface area contributed by atoms with Gasteiger partial charge in [-0.3, -0.25) is 0 Å². The summed E-state index contributed by atoms with van der Waals surface area (Å²) in [7, 11) is 0. The third kappa shape index (κ3) is 3.28. The van der Waals surface area contributed by atoms with Crippen LogP contribution in [0.2, 0.25) is 0 Å². The Morgan fingerprint density at radius 2 is 2.00 bits per heavy atom. The molecule has 4 nitrogen and oxygen atoms in total. The average Bonchev–Trinajstić information content (AvgIpc) is 2.66. The molecule has 17 heavy (non-hydrogen) atoms. The van der Waals surface area contributed by atoms with Crippen LogP contribution in [0.25, 0.3) is 11.3 Å². The van der Waals surface area contributed by atoms with Gasteiger partial charge in [0.1, 0.15) is 0 Å². The van der Waals surface area contributed by atoms with Gasteiger partial charge >= 0.3 is 0 Å². The third-order valence-electron chi connectivity index (χ3n) is 2.14. The lowest BCUT2D eigenvalue weighted by Crippen LogP contribution is -2.21. The van der Waals surface area contributed by atoms with Crippen LogP contribution in [-0.4, -0.2) is 10.9 Å². The molecule has 0 spiro atoms. The van der Waals surface area contributed by atoms with Crippen LogP contribution in [0.15, 0.2) is 34.6 Å². The van der Waals surface area contributed by atoms with E-state index in [0.717, 1.165) is 11.3 Å². The minimum Gasteiger partial charge on any atom is -0.370 e. The summed E-state index contributed by atoms with van der Waals surface area (Å²) in [5.74, 6) is 0.0330. The Labute approximate surface area is 114 Å². The van der Waals surface area contributed by atoms with Crippen molar-refractivity contribution in [3.05, 3.63) is 35.2 Å². The molecule has 0 amide bonds. The van der Waals surface area contributed by atoms with Gasteiger partial charge in [0.05, 0.1) is 5.69 Å². The maximum Gasteiger partial charge on any atom is 0.212 e. The predicted octanol–water partition coefficient (Wildman–Crippen LogP) is 2.60. The number of hydrogen-bond donors (Lipinski definition) is 2. The van der Waals surface area contributed by atoms with E-state index in [1.54, 1.807) is 0 Å². The molecule has 0 saturated carbocycles. The highest BCUT2D eigenvalue weighted by atomic mass is 79.9. The number of guanidine groups is 1. The van der Waals surface area contributed by atoms with E-state index < -0.39 is 0 Å². The van der Waals surface area contributed by atoms with Crippen molar-refractivity contribution >= 4 is 39.4 Å². The maximum atomic E-state index is 5.30. The highest BCUT2D eigenvalue weighted by molar-refractivity contribution is 8.93. The number of aliphatic imine (C=N–C) groups is 1. The Morgan fingerprint density at radius 3 is 2.65 bits per heavy atom. The Balaban J connectivity index is 0.00000144. The van der Waals surface area contributed by atoms with Gasteiger partial charge in [0.15, 0.2) is 5.96 Å². The molecule has 2 rings (SSSR count). The number of halogens is 1. The summed E-state index contributed by atoms with van der Waals surface area (Å²) in [6, 6.07) is 8.07. The van der Waals surface area contributed by atoms with E-state index in [2.05, 4.69) is 23.0 Å². The first-order valence-electron chi connectivity index (χ1n) is 4.78. The molecule has 0 unspecified atom stereocenters. The summed E-state index contributed by atoms with van der Waals surface area (Å²) >= 11 is 1.42. The fourth-order valence-corrected chi connectivity index (χ4v) is 2.12. The molecular formula is C11H13BrN4S. The van der Waals surface area contributed by atoms with E-state index in [4.69, 9.17) is 11.5 Å². The summed E-state index contributed by atoms with van der Waals surface area (Å²) in [6.07, 6.45) is 0. The fraction of sp³-hybridized carbons (Fsp3) is 0.0909. The van der Waals surface area contributed by atoms with E-state index in [1.165, 1.54) is 16.9 Å². The number of benzene rings is 1. The first kappa shape index (κ1) is 13.7. The molecule has 0 atom stereocenters. The van der Waals surface area contributed by atoms with Gasteiger partial charge in [-0.25, -0.2) is 4.98 Å². The molecule has 0 saturated heterocycles. The zero-order valence-electron chi connectivity index (χ0n) is 9.25. The normalized spacial score (nSPS) is 9.47. The molecule has 6 heteroatoms. The topological polar surface area (TPSA) is 77.3 Å². The summed E-state index contributed by atoms with van der Waals surface area (Å²) in [6.45, 7) is 2.05. The average molecular weight is 313 g/mol. The molecule has 1 aromatic heterocycles. The molecule has 4 N–H and O–H groups in total. The van der Waals surface area contributed by atoms with Crippen molar-refractivity contribution < 1.29 is 0 Å². The molecule has 0 aliphatic carbocycles. The first-order valence-corrected chi connectivity index (χ1v) is 5.66. The van der Waals surface area contributed by atoms with Gasteiger partial charge < -0.3 is 11.5 Å². The van der Waals surface area contributed by atoms with Gasteiger partial charge in [0.25, 0.3) is 0 Å². The minimum atomic E-state index is 0. The lowest BCUT2D eigenvalue weighted by molar-refractivity contribution is 1.31. The standard InChI is InChI=1S/C11H12N4S.BrH/c1-7-4-2-3-5-8(7)9-6-16-11(14-9)15-10(12)13;/h2-6H,1H3,(H4,12,13,14,15);1H. The van der Waals surface area contributed by atoms with Crippen molar-refractivity contribution in [2.75, 3.05) is 0 Å². The first-order chi connectivity index (χ1) is 7.66. The zero-order chi connectivity index (χ0) is 11.5. The molecule has 0 aliphatic heterocycles. The van der Waals surface area contributed by atoms with Crippen LogP contribution in [0.5, 0.6) is 0 Å². The van der Waals surface area contributed by atoms with Crippen molar-refractivity contribution in [2.45, 2.75) is 6.92 Å². The van der Waals surface area contributed by atoms with Gasteiger partial charge in [0, 0.05) is 10.9 Å². The Bertz CT molecular complexity index is 532. The predicted molar refractivity (Wildman–Crippen MR) is 78.1 cm³/mol. The monoisotopic (exact) mass is 312 g/mol. The van der Waals surface area contributed by atoms with E-state index in [0.29, 0.717) is 5.13 Å². The number of aryl methyl sites for hydroxylation is 1. The minimum absolute atomic E-state index is 0. The van der Waals surface area contributed by atoms with Crippen molar-refractivity contribution in [2.24, 2.45) is 16.5 Å². The van der Waals surface area contributed by atoms with Gasteiger partial charge in [-0.15, -0.1) is 28.3 Å². The number of nitrogens with two attached hydrogens (primary N) is 2. The van der Waals surface area contributed by atoms with E-state index in [-0.39, 0.29) is 22.9 Å². The second-order valence-electron chi connectivity index (χ2n) is 3.37. The zero-order valence-corrected chi connectivity index (χ0v) is 11.8. The van der Waals surface area contributed by atoms with Crippen LogP contribution in [0.4, 0.5) is 5.13 Å². The largest absolute Gasteiger partial charge is 0.370 e. The Morgan fingerprint density at radius 1 is 1.29 bits per heavy atom. The molecule has 1 aromatic carbocycles. The van der Waals surface area contributed by atoms with E-state index in [9.17, 15) is 0 Å². The smallest absolute Gasteiger partial charge is 0.212 e. The number of nitrogens with zero attached hydrogens (tertiary/aromatic N) is 2. The fourth-order valence-electron chi connectivity index (χ4n) is 1.41.